The summed E-state index contributed by atoms with van der Waals surface area (Å²) < 4.78 is 1.28. The molecule has 0 bridgehead atoms. The molecule has 17 heavy (non-hydrogen) atoms. The average molecular weight is 317 g/mol. The molecule has 4 heteroatoms. The lowest BCUT2D eigenvalue weighted by Crippen LogP contribution is -2.45. The molecule has 2 heterocycles. The summed E-state index contributed by atoms with van der Waals surface area (Å²) in [5, 5.41) is 5.62. The zero-order valence-electron chi connectivity index (χ0n) is 10.6. The molecule has 0 aliphatic carbocycles. The number of thiophene rings is 1. The Kier molecular flexibility index (Phi) is 5.03. The highest BCUT2D eigenvalue weighted by atomic mass is 79.9. The van der Waals surface area contributed by atoms with E-state index in [0.29, 0.717) is 6.04 Å². The normalized spacial score (nSPS) is 19.8. The highest BCUT2D eigenvalue weighted by Crippen LogP contribution is 2.36. The number of hydrogen-bond donors (Lipinski definition) is 1. The fourth-order valence-electron chi connectivity index (χ4n) is 2.41. The first kappa shape index (κ1) is 13.5. The second-order valence-electron chi connectivity index (χ2n) is 5.06. The van der Waals surface area contributed by atoms with Gasteiger partial charge in [0.15, 0.2) is 0 Å². The second-order valence-corrected chi connectivity index (χ2v) is 6.87. The van der Waals surface area contributed by atoms with Crippen molar-refractivity contribution in [2.24, 2.45) is 5.92 Å². The SMILES string of the molecule is CC(C)C[C@H](c1sccc1Br)N1CCNCC1. The highest BCUT2D eigenvalue weighted by molar-refractivity contribution is 9.10. The van der Waals surface area contributed by atoms with Gasteiger partial charge in [-0.25, -0.2) is 0 Å². The number of hydrogen-bond acceptors (Lipinski definition) is 3. The van der Waals surface area contributed by atoms with Crippen molar-refractivity contribution in [1.29, 1.82) is 0 Å². The monoisotopic (exact) mass is 316 g/mol. The van der Waals surface area contributed by atoms with E-state index in [1.165, 1.54) is 28.9 Å². The van der Waals surface area contributed by atoms with Crippen molar-refractivity contribution in [2.45, 2.75) is 26.3 Å². The second kappa shape index (κ2) is 6.32. The fourth-order valence-corrected chi connectivity index (χ4v) is 4.19. The van der Waals surface area contributed by atoms with Gasteiger partial charge in [-0.05, 0) is 39.7 Å². The molecule has 0 unspecified atom stereocenters. The number of nitrogens with one attached hydrogen (secondary N) is 1. The van der Waals surface area contributed by atoms with Crippen LogP contribution in [0.5, 0.6) is 0 Å². The van der Waals surface area contributed by atoms with E-state index >= 15 is 0 Å². The average Bonchev–Trinajstić information content (AvgIpc) is 2.73. The summed E-state index contributed by atoms with van der Waals surface area (Å²) in [6.45, 7) is 9.21. The molecule has 1 aliphatic rings. The largest absolute Gasteiger partial charge is 0.314 e. The molecular weight excluding hydrogens is 296 g/mol. The first-order valence-corrected chi connectivity index (χ1v) is 8.03. The Morgan fingerprint density at radius 1 is 1.41 bits per heavy atom. The lowest BCUT2D eigenvalue weighted by molar-refractivity contribution is 0.156. The van der Waals surface area contributed by atoms with Crippen LogP contribution in [0.1, 0.15) is 31.2 Å². The Labute approximate surface area is 117 Å². The molecule has 1 N–H and O–H groups in total. The minimum absolute atomic E-state index is 0.589. The lowest BCUT2D eigenvalue weighted by Gasteiger charge is -2.35. The molecule has 96 valence electrons. The van der Waals surface area contributed by atoms with E-state index in [2.05, 4.69) is 51.4 Å². The van der Waals surface area contributed by atoms with Gasteiger partial charge in [0, 0.05) is 41.6 Å². The summed E-state index contributed by atoms with van der Waals surface area (Å²) in [4.78, 5) is 4.13. The molecule has 1 aromatic rings. The molecule has 2 nitrogen and oxygen atoms in total. The van der Waals surface area contributed by atoms with Crippen LogP contribution in [-0.4, -0.2) is 31.1 Å². The van der Waals surface area contributed by atoms with Crippen molar-refractivity contribution in [3.05, 3.63) is 20.8 Å². The third-order valence-corrected chi connectivity index (χ3v) is 5.21. The molecule has 1 fully saturated rings. The van der Waals surface area contributed by atoms with Crippen molar-refractivity contribution in [1.82, 2.24) is 10.2 Å². The molecule has 0 aromatic carbocycles. The molecule has 1 aliphatic heterocycles. The number of piperazine rings is 1. The number of rotatable bonds is 4. The van der Waals surface area contributed by atoms with Crippen LogP contribution in [0.15, 0.2) is 15.9 Å². The third kappa shape index (κ3) is 3.53. The van der Waals surface area contributed by atoms with Gasteiger partial charge >= 0.3 is 0 Å². The third-order valence-electron chi connectivity index (χ3n) is 3.23. The Hall–Kier alpha value is 0.1000. The summed E-state index contributed by atoms with van der Waals surface area (Å²) in [6, 6.07) is 2.77. The first-order chi connectivity index (χ1) is 8.18. The van der Waals surface area contributed by atoms with Crippen LogP contribution < -0.4 is 5.32 Å². The predicted octanol–water partition coefficient (Wildman–Crippen LogP) is 3.50. The smallest absolute Gasteiger partial charge is 0.0456 e. The molecule has 1 aromatic heterocycles. The van der Waals surface area contributed by atoms with E-state index < -0.39 is 0 Å². The van der Waals surface area contributed by atoms with Crippen LogP contribution in [0.3, 0.4) is 0 Å². The van der Waals surface area contributed by atoms with Crippen LogP contribution in [0, 0.1) is 5.92 Å². The molecule has 1 saturated heterocycles. The summed E-state index contributed by atoms with van der Waals surface area (Å²) in [5.74, 6) is 0.740. The summed E-state index contributed by atoms with van der Waals surface area (Å²) in [6.07, 6.45) is 1.25. The van der Waals surface area contributed by atoms with Crippen molar-refractivity contribution >= 4 is 27.3 Å². The highest BCUT2D eigenvalue weighted by Gasteiger charge is 2.25. The predicted molar refractivity (Wildman–Crippen MR) is 78.7 cm³/mol. The summed E-state index contributed by atoms with van der Waals surface area (Å²) in [7, 11) is 0. The Bertz CT molecular complexity index is 345. The number of halogens is 1. The van der Waals surface area contributed by atoms with Gasteiger partial charge in [-0.15, -0.1) is 11.3 Å². The van der Waals surface area contributed by atoms with Gasteiger partial charge < -0.3 is 5.32 Å². The first-order valence-electron chi connectivity index (χ1n) is 6.36. The fraction of sp³-hybridized carbons (Fsp3) is 0.692. The zero-order valence-corrected chi connectivity index (χ0v) is 13.0. The standard InChI is InChI=1S/C13H21BrN2S/c1-10(2)9-12(13-11(14)3-8-17-13)16-6-4-15-5-7-16/h3,8,10,12,15H,4-7,9H2,1-2H3/t12-/m1/s1. The van der Waals surface area contributed by atoms with Crippen molar-refractivity contribution < 1.29 is 0 Å². The van der Waals surface area contributed by atoms with Crippen molar-refractivity contribution in [3.63, 3.8) is 0 Å². The molecule has 0 amide bonds. The van der Waals surface area contributed by atoms with Crippen LogP contribution in [-0.2, 0) is 0 Å². The Balaban J connectivity index is 2.15. The van der Waals surface area contributed by atoms with Crippen molar-refractivity contribution in [2.75, 3.05) is 26.2 Å². The van der Waals surface area contributed by atoms with Crippen molar-refractivity contribution in [3.8, 4) is 0 Å². The van der Waals surface area contributed by atoms with Gasteiger partial charge in [-0.2, -0.15) is 0 Å². The quantitative estimate of drug-likeness (QED) is 0.914. The van der Waals surface area contributed by atoms with Gasteiger partial charge in [-0.1, -0.05) is 13.8 Å². The summed E-state index contributed by atoms with van der Waals surface area (Å²) in [5.41, 5.74) is 0. The van der Waals surface area contributed by atoms with Gasteiger partial charge in [-0.3, -0.25) is 4.90 Å². The molecular formula is C13H21BrN2S. The van der Waals surface area contributed by atoms with Gasteiger partial charge in [0.1, 0.15) is 0 Å². The van der Waals surface area contributed by atoms with Crippen LogP contribution >= 0.6 is 27.3 Å². The Morgan fingerprint density at radius 2 is 2.12 bits per heavy atom. The van der Waals surface area contributed by atoms with Gasteiger partial charge in [0.2, 0.25) is 0 Å². The molecule has 2 rings (SSSR count). The molecule has 0 spiro atoms. The van der Waals surface area contributed by atoms with E-state index in [-0.39, 0.29) is 0 Å². The molecule has 0 saturated carbocycles. The maximum Gasteiger partial charge on any atom is 0.0456 e. The Morgan fingerprint density at radius 3 is 2.65 bits per heavy atom. The van der Waals surface area contributed by atoms with Crippen LogP contribution in [0.2, 0.25) is 0 Å². The van der Waals surface area contributed by atoms with Crippen LogP contribution in [0.4, 0.5) is 0 Å². The lowest BCUT2D eigenvalue weighted by atomic mass is 10.0. The van der Waals surface area contributed by atoms with E-state index in [9.17, 15) is 0 Å². The zero-order chi connectivity index (χ0) is 12.3. The summed E-state index contributed by atoms with van der Waals surface area (Å²) >= 11 is 5.58. The topological polar surface area (TPSA) is 15.3 Å². The number of nitrogens with zero attached hydrogens (tertiary/aromatic N) is 1. The molecule has 0 radical (unpaired) electrons. The minimum atomic E-state index is 0.589. The maximum absolute atomic E-state index is 3.69. The molecule has 1 atom stereocenters. The van der Waals surface area contributed by atoms with Gasteiger partial charge in [0.25, 0.3) is 0 Å². The minimum Gasteiger partial charge on any atom is -0.314 e. The van der Waals surface area contributed by atoms with Crippen LogP contribution in [0.25, 0.3) is 0 Å². The van der Waals surface area contributed by atoms with Gasteiger partial charge in [0.05, 0.1) is 0 Å². The van der Waals surface area contributed by atoms with E-state index in [0.717, 1.165) is 19.0 Å². The van der Waals surface area contributed by atoms with E-state index in [1.807, 2.05) is 11.3 Å². The maximum atomic E-state index is 3.69. The van der Waals surface area contributed by atoms with E-state index in [4.69, 9.17) is 0 Å². The van der Waals surface area contributed by atoms with E-state index in [1.54, 1.807) is 0 Å².